The minimum Gasteiger partial charge on any atom is -0.405 e. The highest BCUT2D eigenvalue weighted by atomic mass is 15.0. The zero-order valence-electron chi connectivity index (χ0n) is 12.9. The van der Waals surface area contributed by atoms with Crippen LogP contribution in [0, 0.1) is 0 Å². The van der Waals surface area contributed by atoms with Crippen LogP contribution in [0.3, 0.4) is 0 Å². The van der Waals surface area contributed by atoms with Crippen LogP contribution in [-0.2, 0) is 0 Å². The molecule has 0 spiro atoms. The highest BCUT2D eigenvalue weighted by Crippen LogP contribution is 2.34. The van der Waals surface area contributed by atoms with Crippen molar-refractivity contribution >= 4 is 34.6 Å². The number of rotatable bonds is 2. The maximum atomic E-state index is 3.66. The molecular formula is C19H19BN2. The number of benzene rings is 3. The fourth-order valence-electron chi connectivity index (χ4n) is 3.38. The summed E-state index contributed by atoms with van der Waals surface area (Å²) in [5.74, 6) is 0.507. The SMILES string of the molecule is CC(C)c1ccccc1B1Nc2cccc3cccc(c23)N1. The summed E-state index contributed by atoms with van der Waals surface area (Å²) in [7, 11) is 0. The Bertz CT molecular complexity index is 801. The summed E-state index contributed by atoms with van der Waals surface area (Å²) >= 11 is 0. The van der Waals surface area contributed by atoms with Crippen LogP contribution in [0.5, 0.6) is 0 Å². The first-order valence-electron chi connectivity index (χ1n) is 7.87. The molecule has 0 fully saturated rings. The van der Waals surface area contributed by atoms with Crippen molar-refractivity contribution < 1.29 is 0 Å². The Morgan fingerprint density at radius 1 is 0.773 bits per heavy atom. The molecule has 2 N–H and O–H groups in total. The summed E-state index contributed by atoms with van der Waals surface area (Å²) in [6, 6.07) is 21.6. The summed E-state index contributed by atoms with van der Waals surface area (Å²) in [5, 5.41) is 9.87. The summed E-state index contributed by atoms with van der Waals surface area (Å²) in [6.45, 7) is 4.60. The highest BCUT2D eigenvalue weighted by molar-refractivity contribution is 6.80. The van der Waals surface area contributed by atoms with E-state index in [9.17, 15) is 0 Å². The van der Waals surface area contributed by atoms with E-state index in [1.54, 1.807) is 0 Å². The van der Waals surface area contributed by atoms with E-state index in [4.69, 9.17) is 0 Å². The van der Waals surface area contributed by atoms with Gasteiger partial charge >= 0.3 is 6.98 Å². The quantitative estimate of drug-likeness (QED) is 0.690. The first-order chi connectivity index (χ1) is 10.7. The summed E-state index contributed by atoms with van der Waals surface area (Å²) < 4.78 is 0. The van der Waals surface area contributed by atoms with Crippen molar-refractivity contribution in [3.8, 4) is 0 Å². The number of hydrogen-bond acceptors (Lipinski definition) is 2. The second-order valence-electron chi connectivity index (χ2n) is 6.21. The van der Waals surface area contributed by atoms with Crippen molar-refractivity contribution in [2.24, 2.45) is 0 Å². The van der Waals surface area contributed by atoms with Gasteiger partial charge < -0.3 is 10.5 Å². The van der Waals surface area contributed by atoms with Gasteiger partial charge in [0.15, 0.2) is 0 Å². The third-order valence-electron chi connectivity index (χ3n) is 4.43. The van der Waals surface area contributed by atoms with Gasteiger partial charge in [-0.3, -0.25) is 0 Å². The van der Waals surface area contributed by atoms with E-state index in [0.29, 0.717) is 5.92 Å². The molecule has 22 heavy (non-hydrogen) atoms. The van der Waals surface area contributed by atoms with Gasteiger partial charge in [0.25, 0.3) is 0 Å². The molecule has 0 saturated carbocycles. The van der Waals surface area contributed by atoms with Crippen molar-refractivity contribution in [3.63, 3.8) is 0 Å². The van der Waals surface area contributed by atoms with Gasteiger partial charge in [0.2, 0.25) is 0 Å². The van der Waals surface area contributed by atoms with Crippen molar-refractivity contribution in [2.45, 2.75) is 19.8 Å². The van der Waals surface area contributed by atoms with Crippen LogP contribution in [0.15, 0.2) is 60.7 Å². The molecule has 3 heteroatoms. The fourth-order valence-corrected chi connectivity index (χ4v) is 3.38. The molecule has 0 aromatic heterocycles. The van der Waals surface area contributed by atoms with Crippen LogP contribution >= 0.6 is 0 Å². The molecule has 0 saturated heterocycles. The molecule has 1 heterocycles. The lowest BCUT2D eigenvalue weighted by Gasteiger charge is -2.28. The van der Waals surface area contributed by atoms with Gasteiger partial charge in [-0.05, 0) is 34.5 Å². The van der Waals surface area contributed by atoms with Crippen molar-refractivity contribution in [3.05, 3.63) is 66.2 Å². The van der Waals surface area contributed by atoms with E-state index in [1.807, 2.05) is 0 Å². The van der Waals surface area contributed by atoms with Crippen molar-refractivity contribution in [1.29, 1.82) is 0 Å². The molecule has 108 valence electrons. The van der Waals surface area contributed by atoms with Crippen LogP contribution in [0.25, 0.3) is 10.8 Å². The van der Waals surface area contributed by atoms with E-state index >= 15 is 0 Å². The van der Waals surface area contributed by atoms with Gasteiger partial charge in [-0.15, -0.1) is 0 Å². The Balaban J connectivity index is 1.83. The Kier molecular flexibility index (Phi) is 3.07. The van der Waals surface area contributed by atoms with Gasteiger partial charge in [0, 0.05) is 16.8 Å². The first kappa shape index (κ1) is 13.3. The van der Waals surface area contributed by atoms with Gasteiger partial charge in [-0.25, -0.2) is 0 Å². The number of hydrogen-bond donors (Lipinski definition) is 2. The zero-order valence-corrected chi connectivity index (χ0v) is 12.9. The average Bonchev–Trinajstić information content (AvgIpc) is 2.55. The molecule has 1 aliphatic heterocycles. The molecule has 4 rings (SSSR count). The summed E-state index contributed by atoms with van der Waals surface area (Å²) in [4.78, 5) is 0. The predicted molar refractivity (Wildman–Crippen MR) is 97.1 cm³/mol. The van der Waals surface area contributed by atoms with E-state index in [1.165, 1.54) is 33.2 Å². The zero-order chi connectivity index (χ0) is 15.1. The van der Waals surface area contributed by atoms with Crippen LogP contribution in [-0.4, -0.2) is 6.98 Å². The van der Waals surface area contributed by atoms with E-state index in [-0.39, 0.29) is 6.98 Å². The molecule has 2 nitrogen and oxygen atoms in total. The maximum Gasteiger partial charge on any atom is 0.406 e. The predicted octanol–water partition coefficient (Wildman–Crippen LogP) is 4.20. The molecule has 0 radical (unpaired) electrons. The smallest absolute Gasteiger partial charge is 0.405 e. The average molecular weight is 286 g/mol. The number of anilines is 2. The Labute approximate surface area is 131 Å². The monoisotopic (exact) mass is 286 g/mol. The minimum absolute atomic E-state index is 0.110. The lowest BCUT2D eigenvalue weighted by molar-refractivity contribution is 0.873. The van der Waals surface area contributed by atoms with Gasteiger partial charge in [0.1, 0.15) is 0 Å². The Hall–Kier alpha value is -2.42. The molecule has 3 aromatic rings. The Morgan fingerprint density at radius 2 is 1.41 bits per heavy atom. The third kappa shape index (κ3) is 2.05. The van der Waals surface area contributed by atoms with Gasteiger partial charge in [-0.2, -0.15) is 0 Å². The topological polar surface area (TPSA) is 24.1 Å². The van der Waals surface area contributed by atoms with Crippen molar-refractivity contribution in [2.75, 3.05) is 10.5 Å². The van der Waals surface area contributed by atoms with Gasteiger partial charge in [0.05, 0.1) is 0 Å². The van der Waals surface area contributed by atoms with Crippen LogP contribution in [0.1, 0.15) is 25.3 Å². The molecule has 0 atom stereocenters. The van der Waals surface area contributed by atoms with Crippen LogP contribution in [0.2, 0.25) is 0 Å². The van der Waals surface area contributed by atoms with Crippen LogP contribution in [0.4, 0.5) is 11.4 Å². The standard InChI is InChI=1S/C19H19BN2/c1-13(2)15-9-3-4-10-16(15)20-21-17-11-5-7-14-8-6-12-18(22-20)19(14)17/h3-13,21-22H,1-2H3. The molecule has 3 aromatic carbocycles. The summed E-state index contributed by atoms with van der Waals surface area (Å²) in [6.07, 6.45) is 0. The normalized spacial score (nSPS) is 13.1. The molecule has 0 unspecified atom stereocenters. The summed E-state index contributed by atoms with van der Waals surface area (Å²) in [5.41, 5.74) is 5.12. The number of nitrogens with one attached hydrogen (secondary N) is 2. The lowest BCUT2D eigenvalue weighted by Crippen LogP contribution is -2.49. The molecular weight excluding hydrogens is 267 g/mol. The molecule has 0 amide bonds. The molecule has 0 bridgehead atoms. The largest absolute Gasteiger partial charge is 0.406 e. The molecule has 0 aliphatic carbocycles. The first-order valence-corrected chi connectivity index (χ1v) is 7.87. The Morgan fingerprint density at radius 3 is 2.05 bits per heavy atom. The van der Waals surface area contributed by atoms with Crippen molar-refractivity contribution in [1.82, 2.24) is 0 Å². The third-order valence-corrected chi connectivity index (χ3v) is 4.43. The van der Waals surface area contributed by atoms with E-state index in [0.717, 1.165) is 0 Å². The van der Waals surface area contributed by atoms with Crippen LogP contribution < -0.4 is 15.9 Å². The van der Waals surface area contributed by atoms with E-state index in [2.05, 4.69) is 85.0 Å². The van der Waals surface area contributed by atoms with Gasteiger partial charge in [-0.1, -0.05) is 62.4 Å². The molecule has 1 aliphatic rings. The fraction of sp³-hybridized carbons (Fsp3) is 0.158. The maximum absolute atomic E-state index is 3.66. The highest BCUT2D eigenvalue weighted by Gasteiger charge is 2.27. The second-order valence-corrected chi connectivity index (χ2v) is 6.21. The van der Waals surface area contributed by atoms with E-state index < -0.39 is 0 Å². The minimum atomic E-state index is 0.110. The lowest BCUT2D eigenvalue weighted by atomic mass is 9.63. The second kappa shape index (κ2) is 5.10.